The van der Waals surface area contributed by atoms with Gasteiger partial charge in [0.2, 0.25) is 5.91 Å². The summed E-state index contributed by atoms with van der Waals surface area (Å²) in [5, 5.41) is 1.14. The third kappa shape index (κ3) is 4.95. The van der Waals surface area contributed by atoms with Crippen molar-refractivity contribution in [2.75, 3.05) is 20.2 Å². The number of nitrogens with zero attached hydrogens (tertiary/aromatic N) is 1. The standard InChI is InChI=1S/C23H23F3N2O3/c1-30-18-6-7-21-19(13-18)20(14-27-21)16-8-10-28(11-9-16)22(29)12-15-2-4-17(5-3-15)31-23(24,25)26/h2-7,13-14,16,27H,8-12H2,1H3. The molecule has 1 amide bonds. The molecule has 0 radical (unpaired) electrons. The van der Waals surface area contributed by atoms with E-state index in [1.165, 1.54) is 29.8 Å². The summed E-state index contributed by atoms with van der Waals surface area (Å²) in [5.41, 5.74) is 2.96. The number of aromatic nitrogens is 1. The number of methoxy groups -OCH3 is 1. The normalized spacial score (nSPS) is 15.3. The van der Waals surface area contributed by atoms with Gasteiger partial charge in [0.25, 0.3) is 0 Å². The molecule has 0 atom stereocenters. The van der Waals surface area contributed by atoms with Crippen LogP contribution in [0.25, 0.3) is 10.9 Å². The average Bonchev–Trinajstić information content (AvgIpc) is 3.17. The number of hydrogen-bond acceptors (Lipinski definition) is 3. The van der Waals surface area contributed by atoms with E-state index in [2.05, 4.69) is 9.72 Å². The van der Waals surface area contributed by atoms with Crippen molar-refractivity contribution in [2.45, 2.75) is 31.5 Å². The highest BCUT2D eigenvalue weighted by Crippen LogP contribution is 2.35. The van der Waals surface area contributed by atoms with Crippen LogP contribution in [0, 0.1) is 0 Å². The SMILES string of the molecule is COc1ccc2[nH]cc(C3CCN(C(=O)Cc4ccc(OC(F)(F)F)cc4)CC3)c2c1. The maximum atomic E-state index is 12.7. The lowest BCUT2D eigenvalue weighted by Gasteiger charge is -2.32. The van der Waals surface area contributed by atoms with Crippen molar-refractivity contribution >= 4 is 16.8 Å². The highest BCUT2D eigenvalue weighted by molar-refractivity contribution is 5.85. The molecule has 0 aliphatic carbocycles. The van der Waals surface area contributed by atoms with Gasteiger partial charge in [-0.2, -0.15) is 0 Å². The van der Waals surface area contributed by atoms with E-state index < -0.39 is 6.36 Å². The van der Waals surface area contributed by atoms with Gasteiger partial charge in [0, 0.05) is 30.2 Å². The second kappa shape index (κ2) is 8.53. The molecule has 8 heteroatoms. The maximum Gasteiger partial charge on any atom is 0.573 e. The van der Waals surface area contributed by atoms with E-state index >= 15 is 0 Å². The number of aromatic amines is 1. The van der Waals surface area contributed by atoms with Crippen LogP contribution < -0.4 is 9.47 Å². The van der Waals surface area contributed by atoms with Crippen molar-refractivity contribution < 1.29 is 27.4 Å². The van der Waals surface area contributed by atoms with Crippen molar-refractivity contribution in [2.24, 2.45) is 0 Å². The lowest BCUT2D eigenvalue weighted by molar-refractivity contribution is -0.274. The van der Waals surface area contributed by atoms with E-state index in [1.54, 1.807) is 7.11 Å². The largest absolute Gasteiger partial charge is 0.573 e. The Morgan fingerprint density at radius 3 is 2.42 bits per heavy atom. The average molecular weight is 432 g/mol. The van der Waals surface area contributed by atoms with E-state index in [4.69, 9.17) is 4.74 Å². The lowest BCUT2D eigenvalue weighted by Crippen LogP contribution is -2.38. The van der Waals surface area contributed by atoms with Crippen molar-refractivity contribution in [1.29, 1.82) is 0 Å². The fourth-order valence-corrected chi connectivity index (χ4v) is 4.12. The fourth-order valence-electron chi connectivity index (χ4n) is 4.12. The molecule has 0 bridgehead atoms. The molecule has 164 valence electrons. The van der Waals surface area contributed by atoms with Gasteiger partial charge in [-0.1, -0.05) is 12.1 Å². The number of hydrogen-bond donors (Lipinski definition) is 1. The molecule has 1 aromatic heterocycles. The molecule has 1 N–H and O–H groups in total. The molecular formula is C23H23F3N2O3. The van der Waals surface area contributed by atoms with E-state index in [0.717, 1.165) is 29.5 Å². The van der Waals surface area contributed by atoms with E-state index in [1.807, 2.05) is 29.3 Å². The molecule has 1 saturated heterocycles. The van der Waals surface area contributed by atoms with Crippen molar-refractivity contribution in [3.63, 3.8) is 0 Å². The van der Waals surface area contributed by atoms with Gasteiger partial charge in [0.15, 0.2) is 0 Å². The summed E-state index contributed by atoms with van der Waals surface area (Å²) in [6.45, 7) is 1.30. The molecule has 1 aliphatic heterocycles. The number of halogens is 3. The number of fused-ring (bicyclic) bond motifs is 1. The Labute approximate surface area is 177 Å². The number of ether oxygens (including phenoxy) is 2. The highest BCUT2D eigenvalue weighted by Gasteiger charge is 2.31. The number of carbonyl (C=O) groups is 1. The smallest absolute Gasteiger partial charge is 0.497 e. The number of piperidine rings is 1. The zero-order valence-electron chi connectivity index (χ0n) is 17.0. The van der Waals surface area contributed by atoms with Gasteiger partial charge in [-0.05, 0) is 60.2 Å². The molecular weight excluding hydrogens is 409 g/mol. The molecule has 31 heavy (non-hydrogen) atoms. The predicted octanol–water partition coefficient (Wildman–Crippen LogP) is 5.02. The molecule has 0 saturated carbocycles. The van der Waals surface area contributed by atoms with Gasteiger partial charge in [-0.15, -0.1) is 13.2 Å². The molecule has 2 aromatic carbocycles. The molecule has 5 nitrogen and oxygen atoms in total. The highest BCUT2D eigenvalue weighted by atomic mass is 19.4. The van der Waals surface area contributed by atoms with Crippen LogP contribution >= 0.6 is 0 Å². The molecule has 3 aromatic rings. The third-order valence-corrected chi connectivity index (χ3v) is 5.72. The van der Waals surface area contributed by atoms with Gasteiger partial charge in [0.05, 0.1) is 13.5 Å². The Kier molecular flexibility index (Phi) is 5.80. The van der Waals surface area contributed by atoms with Gasteiger partial charge < -0.3 is 19.4 Å². The van der Waals surface area contributed by atoms with Gasteiger partial charge in [-0.25, -0.2) is 0 Å². The first-order valence-electron chi connectivity index (χ1n) is 10.1. The number of nitrogens with one attached hydrogen (secondary N) is 1. The van der Waals surface area contributed by atoms with Crippen LogP contribution in [0.4, 0.5) is 13.2 Å². The summed E-state index contributed by atoms with van der Waals surface area (Å²) < 4.78 is 46.0. The zero-order chi connectivity index (χ0) is 22.0. The Hall–Kier alpha value is -3.16. The van der Waals surface area contributed by atoms with Gasteiger partial charge in [0.1, 0.15) is 11.5 Å². The molecule has 4 rings (SSSR count). The topological polar surface area (TPSA) is 54.6 Å². The van der Waals surface area contributed by atoms with E-state index in [-0.39, 0.29) is 18.1 Å². The number of rotatable bonds is 5. The Morgan fingerprint density at radius 1 is 1.10 bits per heavy atom. The Morgan fingerprint density at radius 2 is 1.77 bits per heavy atom. The maximum absolute atomic E-state index is 12.7. The minimum atomic E-state index is -4.72. The van der Waals surface area contributed by atoms with Crippen LogP contribution in [0.3, 0.4) is 0 Å². The number of carbonyl (C=O) groups excluding carboxylic acids is 1. The van der Waals surface area contributed by atoms with Crippen LogP contribution in [0.15, 0.2) is 48.7 Å². The first-order valence-corrected chi connectivity index (χ1v) is 10.1. The summed E-state index contributed by atoms with van der Waals surface area (Å²) in [4.78, 5) is 17.8. The molecule has 0 unspecified atom stereocenters. The number of amides is 1. The summed E-state index contributed by atoms with van der Waals surface area (Å²) in [6, 6.07) is 11.4. The Balaban J connectivity index is 1.35. The Bertz CT molecular complexity index is 1050. The third-order valence-electron chi connectivity index (χ3n) is 5.72. The van der Waals surface area contributed by atoms with Crippen LogP contribution in [-0.4, -0.2) is 42.4 Å². The first-order chi connectivity index (χ1) is 14.8. The van der Waals surface area contributed by atoms with E-state index in [9.17, 15) is 18.0 Å². The van der Waals surface area contributed by atoms with Crippen LogP contribution in [0.5, 0.6) is 11.5 Å². The van der Waals surface area contributed by atoms with Crippen molar-refractivity contribution in [3.8, 4) is 11.5 Å². The zero-order valence-corrected chi connectivity index (χ0v) is 17.0. The minimum absolute atomic E-state index is 0.0245. The molecule has 1 fully saturated rings. The molecule has 2 heterocycles. The number of benzene rings is 2. The fraction of sp³-hybridized carbons (Fsp3) is 0.348. The first kappa shape index (κ1) is 21.1. The monoisotopic (exact) mass is 432 g/mol. The second-order valence-electron chi connectivity index (χ2n) is 7.68. The van der Waals surface area contributed by atoms with Gasteiger partial charge >= 0.3 is 6.36 Å². The second-order valence-corrected chi connectivity index (χ2v) is 7.68. The number of H-pyrrole nitrogens is 1. The van der Waals surface area contributed by atoms with Crippen molar-refractivity contribution in [1.82, 2.24) is 9.88 Å². The minimum Gasteiger partial charge on any atom is -0.497 e. The van der Waals surface area contributed by atoms with Crippen LogP contribution in [0.2, 0.25) is 0 Å². The summed E-state index contributed by atoms with van der Waals surface area (Å²) in [6.07, 6.45) is -0.821. The number of likely N-dealkylation sites (tertiary alicyclic amines) is 1. The lowest BCUT2D eigenvalue weighted by atomic mass is 9.89. The summed E-state index contributed by atoms with van der Waals surface area (Å²) >= 11 is 0. The van der Waals surface area contributed by atoms with Crippen LogP contribution in [-0.2, 0) is 11.2 Å². The van der Waals surface area contributed by atoms with Gasteiger partial charge in [-0.3, -0.25) is 4.79 Å². The molecule has 0 spiro atoms. The number of alkyl halides is 3. The van der Waals surface area contributed by atoms with E-state index in [0.29, 0.717) is 24.6 Å². The molecule has 1 aliphatic rings. The summed E-state index contributed by atoms with van der Waals surface area (Å²) in [7, 11) is 1.65. The predicted molar refractivity (Wildman–Crippen MR) is 110 cm³/mol. The van der Waals surface area contributed by atoms with Crippen molar-refractivity contribution in [3.05, 3.63) is 59.8 Å². The quantitative estimate of drug-likeness (QED) is 0.616. The van der Waals surface area contributed by atoms with Crippen LogP contribution in [0.1, 0.15) is 29.9 Å². The summed E-state index contributed by atoms with van der Waals surface area (Å²) in [5.74, 6) is 0.847.